The summed E-state index contributed by atoms with van der Waals surface area (Å²) in [5.74, 6) is 0.860. The van der Waals surface area contributed by atoms with Crippen molar-refractivity contribution in [1.82, 2.24) is 14.8 Å². The van der Waals surface area contributed by atoms with Crippen molar-refractivity contribution in [3.8, 4) is 11.5 Å². The normalized spacial score (nSPS) is 12.5. The molecule has 0 atom stereocenters. The Morgan fingerprint density at radius 1 is 0.969 bits per heavy atom. The molecule has 1 N–H and O–H groups in total. The van der Waals surface area contributed by atoms with Crippen LogP contribution in [0.5, 0.6) is 11.5 Å². The minimum Gasteiger partial charge on any atom is -0.486 e. The topological polar surface area (TPSA) is 95.3 Å². The van der Waals surface area contributed by atoms with Crippen molar-refractivity contribution in [1.29, 1.82) is 0 Å². The standard InChI is InChI=1S/C24H20N4O4/c29-23(26-17-5-6-21-22(14-17)32-12-11-31-21)15-28-24(30)19-4-2-1-3-18(19)20(27-28)13-16-7-9-25-10-8-16/h1-10,14H,11-13,15H2,(H,26,29). The van der Waals surface area contributed by atoms with E-state index in [0.717, 1.165) is 16.6 Å². The molecule has 2 aromatic heterocycles. The third-order valence-corrected chi connectivity index (χ3v) is 5.18. The largest absolute Gasteiger partial charge is 0.486 e. The van der Waals surface area contributed by atoms with Crippen molar-refractivity contribution < 1.29 is 14.3 Å². The van der Waals surface area contributed by atoms with Gasteiger partial charge in [-0.1, -0.05) is 18.2 Å². The molecule has 2 aromatic carbocycles. The van der Waals surface area contributed by atoms with Crippen molar-refractivity contribution >= 4 is 22.4 Å². The van der Waals surface area contributed by atoms with Crippen LogP contribution in [0, 0.1) is 0 Å². The van der Waals surface area contributed by atoms with Gasteiger partial charge in [0.15, 0.2) is 11.5 Å². The van der Waals surface area contributed by atoms with E-state index in [1.807, 2.05) is 24.3 Å². The van der Waals surface area contributed by atoms with E-state index in [9.17, 15) is 9.59 Å². The average Bonchev–Trinajstić information content (AvgIpc) is 2.82. The SMILES string of the molecule is O=C(Cn1nc(Cc2ccncc2)c2ccccc2c1=O)Nc1ccc2c(c1)OCCO2. The number of nitrogens with zero attached hydrogens (tertiary/aromatic N) is 3. The van der Waals surface area contributed by atoms with Gasteiger partial charge in [0.25, 0.3) is 5.56 Å². The lowest BCUT2D eigenvalue weighted by atomic mass is 10.1. The van der Waals surface area contributed by atoms with Crippen LogP contribution in [0.3, 0.4) is 0 Å². The number of anilines is 1. The van der Waals surface area contributed by atoms with Gasteiger partial charge in [0.05, 0.1) is 11.1 Å². The predicted octanol–water partition coefficient (Wildman–Crippen LogP) is 2.79. The van der Waals surface area contributed by atoms with Crippen LogP contribution < -0.4 is 20.3 Å². The molecule has 1 aliphatic rings. The lowest BCUT2D eigenvalue weighted by Crippen LogP contribution is -2.30. The van der Waals surface area contributed by atoms with Crippen LogP contribution in [-0.4, -0.2) is 33.9 Å². The monoisotopic (exact) mass is 428 g/mol. The molecule has 3 heterocycles. The molecule has 0 radical (unpaired) electrons. The highest BCUT2D eigenvalue weighted by atomic mass is 16.6. The van der Waals surface area contributed by atoms with Crippen LogP contribution in [-0.2, 0) is 17.8 Å². The molecule has 0 fully saturated rings. The third kappa shape index (κ3) is 4.02. The first-order valence-electron chi connectivity index (χ1n) is 10.2. The zero-order chi connectivity index (χ0) is 21.9. The fourth-order valence-electron chi connectivity index (χ4n) is 3.69. The Kier molecular flexibility index (Phi) is 5.25. The minimum atomic E-state index is -0.360. The number of carbonyl (C=O) groups excluding carboxylic acids is 1. The van der Waals surface area contributed by atoms with Gasteiger partial charge in [0.2, 0.25) is 5.91 Å². The van der Waals surface area contributed by atoms with Crippen molar-refractivity contribution in [2.75, 3.05) is 18.5 Å². The zero-order valence-corrected chi connectivity index (χ0v) is 17.2. The summed E-state index contributed by atoms with van der Waals surface area (Å²) in [5, 5.41) is 8.63. The summed E-state index contributed by atoms with van der Waals surface area (Å²) in [4.78, 5) is 29.7. The van der Waals surface area contributed by atoms with Crippen molar-refractivity contribution in [3.63, 3.8) is 0 Å². The first kappa shape index (κ1) is 19.7. The first-order valence-corrected chi connectivity index (χ1v) is 10.2. The minimum absolute atomic E-state index is 0.207. The van der Waals surface area contributed by atoms with Crippen LogP contribution >= 0.6 is 0 Å². The van der Waals surface area contributed by atoms with Crippen LogP contribution in [0.25, 0.3) is 10.8 Å². The van der Waals surface area contributed by atoms with E-state index in [2.05, 4.69) is 15.4 Å². The molecular formula is C24H20N4O4. The number of fused-ring (bicyclic) bond motifs is 2. The average molecular weight is 428 g/mol. The third-order valence-electron chi connectivity index (χ3n) is 5.18. The quantitative estimate of drug-likeness (QED) is 0.525. The summed E-state index contributed by atoms with van der Waals surface area (Å²) in [7, 11) is 0. The van der Waals surface area contributed by atoms with Crippen LogP contribution in [0.15, 0.2) is 71.8 Å². The van der Waals surface area contributed by atoms with Crippen LogP contribution in [0.2, 0.25) is 0 Å². The van der Waals surface area contributed by atoms with Gasteiger partial charge in [-0.2, -0.15) is 5.10 Å². The molecule has 1 aliphatic heterocycles. The molecule has 160 valence electrons. The Labute approximate surface area is 183 Å². The van der Waals surface area contributed by atoms with Gasteiger partial charge < -0.3 is 14.8 Å². The summed E-state index contributed by atoms with van der Waals surface area (Å²) in [6.45, 7) is 0.750. The van der Waals surface area contributed by atoms with Crippen LogP contribution in [0.1, 0.15) is 11.3 Å². The number of nitrogens with one attached hydrogen (secondary N) is 1. The van der Waals surface area contributed by atoms with Gasteiger partial charge in [0.1, 0.15) is 19.8 Å². The van der Waals surface area contributed by atoms with E-state index >= 15 is 0 Å². The maximum Gasteiger partial charge on any atom is 0.275 e. The number of amides is 1. The molecule has 0 spiro atoms. The highest BCUT2D eigenvalue weighted by Crippen LogP contribution is 2.32. The number of pyridine rings is 1. The van der Waals surface area contributed by atoms with E-state index < -0.39 is 0 Å². The summed E-state index contributed by atoms with van der Waals surface area (Å²) in [6, 6.07) is 16.3. The number of aromatic nitrogens is 3. The molecule has 0 saturated heterocycles. The van der Waals surface area contributed by atoms with E-state index in [-0.39, 0.29) is 18.0 Å². The molecule has 0 saturated carbocycles. The Hall–Kier alpha value is -4.20. The molecule has 0 unspecified atom stereocenters. The lowest BCUT2D eigenvalue weighted by Gasteiger charge is -2.19. The van der Waals surface area contributed by atoms with E-state index in [1.54, 1.807) is 42.7 Å². The van der Waals surface area contributed by atoms with Gasteiger partial charge >= 0.3 is 0 Å². The van der Waals surface area contributed by atoms with Gasteiger partial charge in [-0.05, 0) is 35.9 Å². The second kappa shape index (κ2) is 8.50. The Morgan fingerprint density at radius 2 is 1.72 bits per heavy atom. The molecule has 8 heteroatoms. The number of ether oxygens (including phenoxy) is 2. The molecular weight excluding hydrogens is 408 g/mol. The first-order chi connectivity index (χ1) is 15.7. The van der Waals surface area contributed by atoms with Gasteiger partial charge in [-0.3, -0.25) is 14.6 Å². The fraction of sp³-hybridized carbons (Fsp3) is 0.167. The molecule has 0 bridgehead atoms. The molecule has 32 heavy (non-hydrogen) atoms. The molecule has 5 rings (SSSR count). The number of hydrogen-bond acceptors (Lipinski definition) is 6. The number of carbonyl (C=O) groups is 1. The van der Waals surface area contributed by atoms with Gasteiger partial charge in [-0.15, -0.1) is 0 Å². The van der Waals surface area contributed by atoms with Crippen molar-refractivity contribution in [2.24, 2.45) is 0 Å². The van der Waals surface area contributed by atoms with E-state index in [4.69, 9.17) is 9.47 Å². The predicted molar refractivity (Wildman–Crippen MR) is 119 cm³/mol. The molecule has 8 nitrogen and oxygen atoms in total. The smallest absolute Gasteiger partial charge is 0.275 e. The fourth-order valence-corrected chi connectivity index (χ4v) is 3.69. The Balaban J connectivity index is 1.43. The highest BCUT2D eigenvalue weighted by molar-refractivity contribution is 5.91. The Bertz CT molecular complexity index is 1350. The number of benzene rings is 2. The highest BCUT2D eigenvalue weighted by Gasteiger charge is 2.15. The summed E-state index contributed by atoms with van der Waals surface area (Å²) in [5.41, 5.74) is 1.99. The molecule has 0 aliphatic carbocycles. The number of rotatable bonds is 5. The second-order valence-electron chi connectivity index (χ2n) is 7.39. The maximum atomic E-state index is 13.0. The van der Waals surface area contributed by atoms with Gasteiger partial charge in [0, 0.05) is 36.0 Å². The summed E-state index contributed by atoms with van der Waals surface area (Å²) >= 11 is 0. The summed E-state index contributed by atoms with van der Waals surface area (Å²) in [6.07, 6.45) is 3.95. The van der Waals surface area contributed by atoms with Gasteiger partial charge in [-0.25, -0.2) is 4.68 Å². The zero-order valence-electron chi connectivity index (χ0n) is 17.2. The molecule has 4 aromatic rings. The van der Waals surface area contributed by atoms with E-state index in [1.165, 1.54) is 4.68 Å². The van der Waals surface area contributed by atoms with Crippen molar-refractivity contribution in [3.05, 3.63) is 88.6 Å². The maximum absolute atomic E-state index is 13.0. The lowest BCUT2D eigenvalue weighted by molar-refractivity contribution is -0.117. The summed E-state index contributed by atoms with van der Waals surface area (Å²) < 4.78 is 12.3. The van der Waals surface area contributed by atoms with E-state index in [0.29, 0.717) is 42.2 Å². The van der Waals surface area contributed by atoms with Crippen LogP contribution in [0.4, 0.5) is 5.69 Å². The second-order valence-corrected chi connectivity index (χ2v) is 7.39. The number of hydrogen-bond donors (Lipinski definition) is 1. The Morgan fingerprint density at radius 3 is 2.53 bits per heavy atom. The molecule has 1 amide bonds. The van der Waals surface area contributed by atoms with Crippen molar-refractivity contribution in [2.45, 2.75) is 13.0 Å².